The fraction of sp³-hybridized carbons (Fsp3) is 0.955. The van der Waals surface area contributed by atoms with Crippen LogP contribution in [0.1, 0.15) is 111 Å². The van der Waals surface area contributed by atoms with E-state index in [-0.39, 0.29) is 5.60 Å². The van der Waals surface area contributed by atoms with Gasteiger partial charge < -0.3 is 9.64 Å². The fourth-order valence-electron chi connectivity index (χ4n) is 3.88. The third-order valence-electron chi connectivity index (χ3n) is 5.80. The van der Waals surface area contributed by atoms with Gasteiger partial charge in [-0.05, 0) is 27.2 Å². The van der Waals surface area contributed by atoms with Crippen molar-refractivity contribution in [3.63, 3.8) is 0 Å². The van der Waals surface area contributed by atoms with Gasteiger partial charge in [-0.1, -0.05) is 96.2 Å². The highest BCUT2D eigenvalue weighted by atomic mass is 32.1. The molecule has 1 heterocycles. The van der Waals surface area contributed by atoms with Crippen molar-refractivity contribution >= 4 is 17.2 Å². The van der Waals surface area contributed by atoms with Gasteiger partial charge in [0.2, 0.25) is 0 Å². The molecule has 3 heteroatoms. The number of hydrogen-bond acceptors (Lipinski definition) is 2. The van der Waals surface area contributed by atoms with E-state index in [1.165, 1.54) is 77.0 Å². The second kappa shape index (κ2) is 13.1. The third kappa shape index (κ3) is 7.95. The molecule has 1 saturated heterocycles. The average molecular weight is 370 g/mol. The van der Waals surface area contributed by atoms with Gasteiger partial charge in [-0.15, -0.1) is 0 Å². The monoisotopic (exact) mass is 369 g/mol. The predicted octanol–water partition coefficient (Wildman–Crippen LogP) is 6.90. The van der Waals surface area contributed by atoms with Crippen LogP contribution in [0.4, 0.5) is 0 Å². The standard InChI is InChI=1S/C22H43NOS/c1-5-8-9-10-11-12-13-14-15-16-17-18-19-22(20(4)24-22)21(25)23(6-2)7-3/h20H,5-19H2,1-4H3. The van der Waals surface area contributed by atoms with Crippen molar-refractivity contribution < 1.29 is 4.74 Å². The molecule has 0 saturated carbocycles. The van der Waals surface area contributed by atoms with E-state index in [9.17, 15) is 0 Å². The van der Waals surface area contributed by atoms with Gasteiger partial charge in [0.15, 0.2) is 0 Å². The Bertz CT molecular complexity index is 356. The van der Waals surface area contributed by atoms with Crippen molar-refractivity contribution in [3.05, 3.63) is 0 Å². The van der Waals surface area contributed by atoms with Gasteiger partial charge in [-0.2, -0.15) is 0 Å². The number of nitrogens with zero attached hydrogens (tertiary/aromatic N) is 1. The van der Waals surface area contributed by atoms with Crippen LogP contribution in [0.25, 0.3) is 0 Å². The molecule has 1 rings (SSSR count). The summed E-state index contributed by atoms with van der Waals surface area (Å²) in [5, 5.41) is 0. The predicted molar refractivity (Wildman–Crippen MR) is 114 cm³/mol. The lowest BCUT2D eigenvalue weighted by Gasteiger charge is -2.26. The Labute approximate surface area is 163 Å². The number of unbranched alkanes of at least 4 members (excludes halogenated alkanes) is 11. The number of rotatable bonds is 16. The van der Waals surface area contributed by atoms with Crippen molar-refractivity contribution in [2.45, 2.75) is 123 Å². The van der Waals surface area contributed by atoms with E-state index in [2.05, 4.69) is 32.6 Å². The molecule has 0 aliphatic carbocycles. The van der Waals surface area contributed by atoms with Gasteiger partial charge in [-0.25, -0.2) is 0 Å². The lowest BCUT2D eigenvalue weighted by atomic mass is 9.96. The van der Waals surface area contributed by atoms with Gasteiger partial charge in [0.05, 0.1) is 6.10 Å². The molecule has 25 heavy (non-hydrogen) atoms. The van der Waals surface area contributed by atoms with E-state index in [1.54, 1.807) is 0 Å². The van der Waals surface area contributed by atoms with Gasteiger partial charge in [-0.3, -0.25) is 0 Å². The maximum atomic E-state index is 5.97. The molecule has 2 nitrogen and oxygen atoms in total. The first-order valence-corrected chi connectivity index (χ1v) is 11.5. The van der Waals surface area contributed by atoms with E-state index < -0.39 is 0 Å². The Morgan fingerprint density at radius 3 is 1.56 bits per heavy atom. The van der Waals surface area contributed by atoms with Gasteiger partial charge in [0, 0.05) is 13.1 Å². The summed E-state index contributed by atoms with van der Waals surface area (Å²) < 4.78 is 5.97. The van der Waals surface area contributed by atoms with Crippen LogP contribution >= 0.6 is 12.2 Å². The maximum absolute atomic E-state index is 5.97. The molecule has 1 fully saturated rings. The highest BCUT2D eigenvalue weighted by Crippen LogP contribution is 2.43. The number of likely N-dealkylation sites (N-methyl/N-ethyl adjacent to an activating group) is 1. The highest BCUT2D eigenvalue weighted by molar-refractivity contribution is 7.80. The van der Waals surface area contributed by atoms with Crippen LogP contribution in [0.5, 0.6) is 0 Å². The zero-order valence-corrected chi connectivity index (χ0v) is 18.3. The molecule has 148 valence electrons. The summed E-state index contributed by atoms with van der Waals surface area (Å²) in [6, 6.07) is 0. The minimum atomic E-state index is -0.111. The van der Waals surface area contributed by atoms with Crippen LogP contribution in [0.15, 0.2) is 0 Å². The Balaban J connectivity index is 2.02. The van der Waals surface area contributed by atoms with Gasteiger partial charge >= 0.3 is 0 Å². The minimum Gasteiger partial charge on any atom is -0.364 e. The average Bonchev–Trinajstić information content (AvgIpc) is 3.28. The highest BCUT2D eigenvalue weighted by Gasteiger charge is 2.57. The fourth-order valence-corrected chi connectivity index (χ4v) is 4.46. The lowest BCUT2D eigenvalue weighted by molar-refractivity contribution is 0.309. The molecule has 0 aromatic carbocycles. The number of thiocarbonyl (C=S) groups is 1. The zero-order valence-electron chi connectivity index (χ0n) is 17.4. The van der Waals surface area contributed by atoms with Crippen LogP contribution in [0, 0.1) is 0 Å². The first-order valence-electron chi connectivity index (χ1n) is 11.1. The van der Waals surface area contributed by atoms with Crippen LogP contribution in [-0.2, 0) is 4.74 Å². The molecule has 0 amide bonds. The van der Waals surface area contributed by atoms with Crippen molar-refractivity contribution in [1.29, 1.82) is 0 Å². The first-order chi connectivity index (χ1) is 12.1. The van der Waals surface area contributed by atoms with E-state index in [0.29, 0.717) is 6.10 Å². The van der Waals surface area contributed by atoms with Crippen LogP contribution in [-0.4, -0.2) is 34.7 Å². The topological polar surface area (TPSA) is 15.8 Å². The molecule has 0 aromatic rings. The SMILES string of the molecule is CCCCCCCCCCCCCCC1(C(=S)N(CC)CC)OC1C. The molecule has 0 aromatic heterocycles. The quantitative estimate of drug-likeness (QED) is 0.167. The zero-order chi connectivity index (χ0) is 18.5. The first kappa shape index (κ1) is 22.9. The summed E-state index contributed by atoms with van der Waals surface area (Å²) >= 11 is 5.74. The Morgan fingerprint density at radius 1 is 0.800 bits per heavy atom. The summed E-state index contributed by atoms with van der Waals surface area (Å²) in [6.07, 6.45) is 18.2. The van der Waals surface area contributed by atoms with Crippen LogP contribution in [0.3, 0.4) is 0 Å². The van der Waals surface area contributed by atoms with Gasteiger partial charge in [0.25, 0.3) is 0 Å². The molecule has 0 spiro atoms. The summed E-state index contributed by atoms with van der Waals surface area (Å²) in [6.45, 7) is 10.8. The summed E-state index contributed by atoms with van der Waals surface area (Å²) in [4.78, 5) is 3.34. The van der Waals surface area contributed by atoms with E-state index in [0.717, 1.165) is 24.5 Å². The molecule has 0 N–H and O–H groups in total. The molecule has 1 aliphatic rings. The van der Waals surface area contributed by atoms with Crippen molar-refractivity contribution in [2.75, 3.05) is 13.1 Å². The summed E-state index contributed by atoms with van der Waals surface area (Å²) in [7, 11) is 0. The molecule has 0 bridgehead atoms. The maximum Gasteiger partial charge on any atom is 0.144 e. The van der Waals surface area contributed by atoms with E-state index in [4.69, 9.17) is 17.0 Å². The Morgan fingerprint density at radius 2 is 1.20 bits per heavy atom. The summed E-state index contributed by atoms with van der Waals surface area (Å²) in [5.41, 5.74) is -0.111. The largest absolute Gasteiger partial charge is 0.364 e. The normalized spacial score (nSPS) is 22.2. The van der Waals surface area contributed by atoms with Crippen molar-refractivity contribution in [1.82, 2.24) is 4.90 Å². The number of hydrogen-bond donors (Lipinski definition) is 0. The van der Waals surface area contributed by atoms with Crippen LogP contribution < -0.4 is 0 Å². The Kier molecular flexibility index (Phi) is 12.0. The minimum absolute atomic E-state index is 0.111. The molecular formula is C22H43NOS. The molecule has 0 radical (unpaired) electrons. The van der Waals surface area contributed by atoms with Crippen LogP contribution in [0.2, 0.25) is 0 Å². The van der Waals surface area contributed by atoms with Gasteiger partial charge in [0.1, 0.15) is 10.6 Å². The second-order valence-electron chi connectivity index (χ2n) is 7.77. The Hall–Kier alpha value is -0.150. The lowest BCUT2D eigenvalue weighted by Crippen LogP contribution is -2.41. The van der Waals surface area contributed by atoms with Crippen molar-refractivity contribution in [3.8, 4) is 0 Å². The number of ether oxygens (including phenoxy) is 1. The van der Waals surface area contributed by atoms with E-state index >= 15 is 0 Å². The van der Waals surface area contributed by atoms with Crippen molar-refractivity contribution in [2.24, 2.45) is 0 Å². The smallest absolute Gasteiger partial charge is 0.144 e. The van der Waals surface area contributed by atoms with E-state index in [1.807, 2.05) is 0 Å². The third-order valence-corrected chi connectivity index (χ3v) is 6.40. The molecule has 1 aliphatic heterocycles. The number of epoxide rings is 1. The molecular weight excluding hydrogens is 326 g/mol. The molecule has 2 atom stereocenters. The molecule has 2 unspecified atom stereocenters. The summed E-state index contributed by atoms with van der Waals surface area (Å²) in [5.74, 6) is 0. The second-order valence-corrected chi connectivity index (χ2v) is 8.15.